The third-order valence-electron chi connectivity index (χ3n) is 3.44. The lowest BCUT2D eigenvalue weighted by Crippen LogP contribution is -2.31. The Morgan fingerprint density at radius 3 is 2.24 bits per heavy atom. The Hall–Kier alpha value is -1.05. The molecule has 0 saturated heterocycles. The normalized spacial score (nSPS) is 13.9. The third kappa shape index (κ3) is 4.76. The van der Waals surface area contributed by atoms with Gasteiger partial charge < -0.3 is 5.11 Å². The van der Waals surface area contributed by atoms with Crippen molar-refractivity contribution in [3.8, 4) is 0 Å². The predicted octanol–water partition coefficient (Wildman–Crippen LogP) is 4.57. The zero-order valence-electron chi connectivity index (χ0n) is 11.7. The zero-order valence-corrected chi connectivity index (χ0v) is 11.7. The van der Waals surface area contributed by atoms with Gasteiger partial charge in [-0.3, -0.25) is 4.79 Å². The van der Waals surface area contributed by atoms with Crippen molar-refractivity contribution >= 4 is 5.97 Å². The SMILES string of the molecule is C=C(C)C(CC)(CCCCC=C(C)C)C(=O)O. The Labute approximate surface area is 105 Å². The summed E-state index contributed by atoms with van der Waals surface area (Å²) in [6, 6.07) is 0. The Balaban J connectivity index is 4.33. The molecule has 0 bridgehead atoms. The van der Waals surface area contributed by atoms with Gasteiger partial charge in [0, 0.05) is 0 Å². The van der Waals surface area contributed by atoms with Crippen LogP contribution in [0, 0.1) is 5.41 Å². The molecule has 0 aromatic carbocycles. The van der Waals surface area contributed by atoms with Crippen LogP contribution in [0.2, 0.25) is 0 Å². The van der Waals surface area contributed by atoms with Crippen LogP contribution in [0.1, 0.15) is 59.8 Å². The topological polar surface area (TPSA) is 37.3 Å². The lowest BCUT2D eigenvalue weighted by atomic mass is 9.75. The minimum Gasteiger partial charge on any atom is -0.481 e. The number of rotatable bonds is 8. The van der Waals surface area contributed by atoms with Crippen molar-refractivity contribution in [3.05, 3.63) is 23.8 Å². The molecule has 0 saturated carbocycles. The second-order valence-corrected chi connectivity index (χ2v) is 5.05. The van der Waals surface area contributed by atoms with Crippen LogP contribution in [0.25, 0.3) is 0 Å². The predicted molar refractivity (Wildman–Crippen MR) is 73.1 cm³/mol. The summed E-state index contributed by atoms with van der Waals surface area (Å²) in [7, 11) is 0. The van der Waals surface area contributed by atoms with E-state index in [1.165, 1.54) is 5.57 Å². The summed E-state index contributed by atoms with van der Waals surface area (Å²) in [5, 5.41) is 9.37. The molecule has 1 atom stereocenters. The van der Waals surface area contributed by atoms with Crippen molar-refractivity contribution in [2.24, 2.45) is 5.41 Å². The monoisotopic (exact) mass is 238 g/mol. The Morgan fingerprint density at radius 1 is 1.29 bits per heavy atom. The fourth-order valence-corrected chi connectivity index (χ4v) is 2.09. The van der Waals surface area contributed by atoms with Gasteiger partial charge in [0.15, 0.2) is 0 Å². The molecule has 0 rings (SSSR count). The van der Waals surface area contributed by atoms with Crippen molar-refractivity contribution in [3.63, 3.8) is 0 Å². The Kier molecular flexibility index (Phi) is 6.86. The van der Waals surface area contributed by atoms with Crippen molar-refractivity contribution in [1.29, 1.82) is 0 Å². The number of carboxylic acids is 1. The quantitative estimate of drug-likeness (QED) is 0.497. The molecular weight excluding hydrogens is 212 g/mol. The first-order chi connectivity index (χ1) is 7.86. The highest BCUT2D eigenvalue weighted by Gasteiger charge is 2.36. The maximum Gasteiger partial charge on any atom is 0.313 e. The number of allylic oxidation sites excluding steroid dienone is 2. The molecule has 1 N–H and O–H groups in total. The van der Waals surface area contributed by atoms with Crippen molar-refractivity contribution < 1.29 is 9.90 Å². The number of hydrogen-bond acceptors (Lipinski definition) is 1. The van der Waals surface area contributed by atoms with E-state index >= 15 is 0 Å². The summed E-state index contributed by atoms with van der Waals surface area (Å²) < 4.78 is 0. The molecule has 0 aromatic heterocycles. The minimum atomic E-state index is -0.727. The van der Waals surface area contributed by atoms with Crippen LogP contribution in [0.3, 0.4) is 0 Å². The second-order valence-electron chi connectivity index (χ2n) is 5.05. The molecule has 2 heteroatoms. The molecule has 0 aliphatic rings. The first-order valence-corrected chi connectivity index (χ1v) is 6.39. The van der Waals surface area contributed by atoms with E-state index in [1.54, 1.807) is 0 Å². The van der Waals surface area contributed by atoms with E-state index in [-0.39, 0.29) is 0 Å². The van der Waals surface area contributed by atoms with Gasteiger partial charge in [0.1, 0.15) is 0 Å². The Morgan fingerprint density at radius 2 is 1.88 bits per heavy atom. The van der Waals surface area contributed by atoms with E-state index in [1.807, 2.05) is 13.8 Å². The van der Waals surface area contributed by atoms with Crippen molar-refractivity contribution in [2.75, 3.05) is 0 Å². The minimum absolute atomic E-state index is 0.625. The largest absolute Gasteiger partial charge is 0.481 e. The standard InChI is InChI=1S/C15H26O2/c1-6-15(13(4)5,14(16)17)11-9-7-8-10-12(2)3/h10H,4,6-9,11H2,1-3,5H3,(H,16,17). The van der Waals surface area contributed by atoms with Crippen LogP contribution in [-0.2, 0) is 4.79 Å². The summed E-state index contributed by atoms with van der Waals surface area (Å²) in [5.41, 5.74) is 1.38. The third-order valence-corrected chi connectivity index (χ3v) is 3.44. The van der Waals surface area contributed by atoms with Gasteiger partial charge in [-0.25, -0.2) is 0 Å². The van der Waals surface area contributed by atoms with E-state index in [2.05, 4.69) is 26.5 Å². The number of unbranched alkanes of at least 4 members (excludes halogenated alkanes) is 2. The van der Waals surface area contributed by atoms with Gasteiger partial charge >= 0.3 is 5.97 Å². The van der Waals surface area contributed by atoms with E-state index in [0.29, 0.717) is 12.8 Å². The van der Waals surface area contributed by atoms with Gasteiger partial charge in [-0.15, -0.1) is 0 Å². The van der Waals surface area contributed by atoms with Crippen LogP contribution in [0.15, 0.2) is 23.8 Å². The van der Waals surface area contributed by atoms with Crippen LogP contribution in [0.5, 0.6) is 0 Å². The molecule has 2 nitrogen and oxygen atoms in total. The first kappa shape index (κ1) is 16.0. The van der Waals surface area contributed by atoms with Gasteiger partial charge in [0.05, 0.1) is 5.41 Å². The van der Waals surface area contributed by atoms with Gasteiger partial charge in [-0.1, -0.05) is 37.1 Å². The molecule has 17 heavy (non-hydrogen) atoms. The number of carbonyl (C=O) groups is 1. The molecule has 0 fully saturated rings. The van der Waals surface area contributed by atoms with E-state index in [4.69, 9.17) is 0 Å². The molecule has 0 amide bonds. The molecule has 0 aliphatic carbocycles. The number of carboxylic acid groups (broad SMARTS) is 1. The molecule has 0 aliphatic heterocycles. The first-order valence-electron chi connectivity index (χ1n) is 6.39. The summed E-state index contributed by atoms with van der Waals surface area (Å²) in [5.74, 6) is -0.727. The van der Waals surface area contributed by atoms with Crippen molar-refractivity contribution in [1.82, 2.24) is 0 Å². The maximum atomic E-state index is 11.4. The average Bonchev–Trinajstić information content (AvgIpc) is 2.22. The zero-order chi connectivity index (χ0) is 13.5. The lowest BCUT2D eigenvalue weighted by Gasteiger charge is -2.28. The summed E-state index contributed by atoms with van der Waals surface area (Å²) in [6.45, 7) is 11.8. The highest BCUT2D eigenvalue weighted by atomic mass is 16.4. The molecule has 0 aromatic rings. The van der Waals surface area contributed by atoms with Crippen LogP contribution >= 0.6 is 0 Å². The van der Waals surface area contributed by atoms with Crippen LogP contribution in [-0.4, -0.2) is 11.1 Å². The average molecular weight is 238 g/mol. The van der Waals surface area contributed by atoms with Crippen LogP contribution in [0.4, 0.5) is 0 Å². The molecule has 1 unspecified atom stereocenters. The molecule has 0 spiro atoms. The van der Waals surface area contributed by atoms with Gasteiger partial charge in [0.25, 0.3) is 0 Å². The van der Waals surface area contributed by atoms with E-state index < -0.39 is 11.4 Å². The molecule has 0 heterocycles. The highest BCUT2D eigenvalue weighted by Crippen LogP contribution is 2.36. The smallest absolute Gasteiger partial charge is 0.313 e. The lowest BCUT2D eigenvalue weighted by molar-refractivity contribution is -0.147. The van der Waals surface area contributed by atoms with Crippen LogP contribution < -0.4 is 0 Å². The summed E-state index contributed by atoms with van der Waals surface area (Å²) >= 11 is 0. The van der Waals surface area contributed by atoms with Gasteiger partial charge in [0.2, 0.25) is 0 Å². The maximum absolute atomic E-state index is 11.4. The fourth-order valence-electron chi connectivity index (χ4n) is 2.09. The fraction of sp³-hybridized carbons (Fsp3) is 0.667. The summed E-state index contributed by atoms with van der Waals surface area (Å²) in [6.07, 6.45) is 6.56. The second kappa shape index (κ2) is 7.31. The molecular formula is C15H26O2. The van der Waals surface area contributed by atoms with Gasteiger partial charge in [-0.2, -0.15) is 0 Å². The summed E-state index contributed by atoms with van der Waals surface area (Å²) in [4.78, 5) is 11.4. The molecule has 98 valence electrons. The van der Waals surface area contributed by atoms with Crippen molar-refractivity contribution in [2.45, 2.75) is 59.8 Å². The Bertz CT molecular complexity index is 282. The van der Waals surface area contributed by atoms with E-state index in [9.17, 15) is 9.90 Å². The van der Waals surface area contributed by atoms with Gasteiger partial charge in [-0.05, 0) is 46.5 Å². The molecule has 0 radical (unpaired) electrons. The van der Waals surface area contributed by atoms with E-state index in [0.717, 1.165) is 24.8 Å². The number of hydrogen-bond donors (Lipinski definition) is 1. The number of aliphatic carboxylic acids is 1. The highest BCUT2D eigenvalue weighted by molar-refractivity contribution is 5.78.